The van der Waals surface area contributed by atoms with E-state index in [4.69, 9.17) is 10.5 Å². The van der Waals surface area contributed by atoms with E-state index in [1.165, 1.54) is 36.8 Å². The second-order valence-corrected chi connectivity index (χ2v) is 12.1. The average molecular weight is 609 g/mol. The van der Waals surface area contributed by atoms with Crippen LogP contribution in [-0.4, -0.2) is 86.4 Å². The van der Waals surface area contributed by atoms with Gasteiger partial charge < -0.3 is 30.9 Å². The Morgan fingerprint density at radius 3 is 2.33 bits per heavy atom. The number of aliphatic hydroxyl groups excluding tert-OH is 2. The van der Waals surface area contributed by atoms with Gasteiger partial charge in [0.05, 0.1) is 17.5 Å². The van der Waals surface area contributed by atoms with Gasteiger partial charge in [0.2, 0.25) is 5.78 Å². The molecule has 0 saturated carbocycles. The zero-order chi connectivity index (χ0) is 31.4. The molecule has 11 nitrogen and oxygen atoms in total. The van der Waals surface area contributed by atoms with Gasteiger partial charge in [-0.3, -0.25) is 24.1 Å². The van der Waals surface area contributed by atoms with E-state index in [-0.39, 0.29) is 23.5 Å². The van der Waals surface area contributed by atoms with Gasteiger partial charge in [0.25, 0.3) is 5.91 Å². The third kappa shape index (κ3) is 4.60. The summed E-state index contributed by atoms with van der Waals surface area (Å²) < 4.78 is 5.94. The number of thioether (sulfide) groups is 1. The molecule has 0 saturated heterocycles. The Labute approximate surface area is 251 Å². The Hall–Kier alpha value is -4.13. The van der Waals surface area contributed by atoms with E-state index in [1.54, 1.807) is 19.1 Å². The Balaban J connectivity index is 1.82. The van der Waals surface area contributed by atoms with Crippen LogP contribution in [0.4, 0.5) is 0 Å². The van der Waals surface area contributed by atoms with E-state index in [0.717, 1.165) is 4.90 Å². The summed E-state index contributed by atoms with van der Waals surface area (Å²) in [7, 11) is 3.01. The van der Waals surface area contributed by atoms with Crippen molar-refractivity contribution >= 4 is 35.2 Å². The zero-order valence-electron chi connectivity index (χ0n) is 23.7. The van der Waals surface area contributed by atoms with E-state index < -0.39 is 81.6 Å². The number of nitrogens with zero attached hydrogens (tertiary/aromatic N) is 1. The average Bonchev–Trinajstić information content (AvgIpc) is 2.96. The van der Waals surface area contributed by atoms with Crippen molar-refractivity contribution in [3.8, 4) is 5.75 Å². The third-order valence-corrected chi connectivity index (χ3v) is 9.63. The van der Waals surface area contributed by atoms with Crippen molar-refractivity contribution in [3.05, 3.63) is 82.3 Å². The second kappa shape index (κ2) is 11.2. The van der Waals surface area contributed by atoms with E-state index >= 15 is 0 Å². The fourth-order valence-corrected chi connectivity index (χ4v) is 7.76. The number of phenols is 1. The summed E-state index contributed by atoms with van der Waals surface area (Å²) in [5, 5.41) is 46.0. The van der Waals surface area contributed by atoms with Crippen LogP contribution in [0.5, 0.6) is 5.75 Å². The number of aromatic hydroxyl groups is 1. The maximum Gasteiger partial charge on any atom is 0.305 e. The molecule has 43 heavy (non-hydrogen) atoms. The summed E-state index contributed by atoms with van der Waals surface area (Å²) in [5.74, 6) is -9.60. The van der Waals surface area contributed by atoms with Crippen LogP contribution in [0.1, 0.15) is 35.2 Å². The van der Waals surface area contributed by atoms with Gasteiger partial charge in [-0.2, -0.15) is 0 Å². The number of phenolic OH excluding ortho intramolecular Hbond substituents is 1. The van der Waals surface area contributed by atoms with Crippen LogP contribution in [0.3, 0.4) is 0 Å². The summed E-state index contributed by atoms with van der Waals surface area (Å²) in [5.41, 5.74) is 1.41. The fourth-order valence-electron chi connectivity index (χ4n) is 6.65. The quantitative estimate of drug-likeness (QED) is 0.176. The first-order chi connectivity index (χ1) is 20.4. The number of benzene rings is 2. The van der Waals surface area contributed by atoms with Crippen molar-refractivity contribution in [1.29, 1.82) is 0 Å². The highest BCUT2D eigenvalue weighted by Gasteiger charge is 2.68. The first-order valence-electron chi connectivity index (χ1n) is 13.7. The molecule has 6 N–H and O–H groups in total. The molecule has 0 spiro atoms. The van der Waals surface area contributed by atoms with Gasteiger partial charge in [-0.1, -0.05) is 37.3 Å². The van der Waals surface area contributed by atoms with Crippen LogP contribution >= 0.6 is 11.8 Å². The first kappa shape index (κ1) is 30.3. The maximum atomic E-state index is 14.1. The topological polar surface area (TPSA) is 188 Å². The van der Waals surface area contributed by atoms with E-state index in [1.807, 2.05) is 30.3 Å². The molecular formula is C31H32N2O9S. The lowest BCUT2D eigenvalue weighted by Gasteiger charge is -2.54. The number of primary amides is 1. The van der Waals surface area contributed by atoms with Gasteiger partial charge >= 0.3 is 5.97 Å². The van der Waals surface area contributed by atoms with E-state index in [9.17, 15) is 39.6 Å². The molecule has 5 rings (SSSR count). The molecule has 226 valence electrons. The van der Waals surface area contributed by atoms with Crippen LogP contribution < -0.4 is 5.73 Å². The third-order valence-electron chi connectivity index (χ3n) is 8.50. The van der Waals surface area contributed by atoms with E-state index in [2.05, 4.69) is 0 Å². The van der Waals surface area contributed by atoms with Gasteiger partial charge in [-0.05, 0) is 37.9 Å². The van der Waals surface area contributed by atoms with Gasteiger partial charge in [-0.15, -0.1) is 11.8 Å². The van der Waals surface area contributed by atoms with Crippen molar-refractivity contribution in [3.63, 3.8) is 0 Å². The number of esters is 1. The lowest BCUT2D eigenvalue weighted by atomic mass is 9.55. The number of fused-ring (bicyclic) bond motifs is 3. The minimum absolute atomic E-state index is 0.0942. The molecule has 0 fully saturated rings. The zero-order valence-corrected chi connectivity index (χ0v) is 24.5. The van der Waals surface area contributed by atoms with Gasteiger partial charge in [0.15, 0.2) is 11.4 Å². The Kier molecular flexibility index (Phi) is 7.88. The van der Waals surface area contributed by atoms with Gasteiger partial charge in [-0.25, -0.2) is 0 Å². The molecule has 0 unspecified atom stereocenters. The lowest BCUT2D eigenvalue weighted by molar-refractivity contribution is -0.180. The number of ether oxygens (including phenoxy) is 1. The van der Waals surface area contributed by atoms with E-state index in [0.29, 0.717) is 5.56 Å². The Morgan fingerprint density at radius 2 is 1.72 bits per heavy atom. The number of nitrogens with two attached hydrogens (primary N) is 1. The van der Waals surface area contributed by atoms with Crippen LogP contribution in [0.2, 0.25) is 0 Å². The molecule has 0 aromatic heterocycles. The molecular weight excluding hydrogens is 576 g/mol. The minimum Gasteiger partial charge on any atom is -0.510 e. The lowest BCUT2D eigenvalue weighted by Crippen LogP contribution is -2.69. The number of Topliss-reactive ketones (excluding diaryl/α,β-unsaturated/α-hetero) is 2. The number of aliphatic hydroxyl groups is 3. The largest absolute Gasteiger partial charge is 0.510 e. The molecule has 12 heteroatoms. The molecule has 0 heterocycles. The summed E-state index contributed by atoms with van der Waals surface area (Å²) in [4.78, 5) is 55.5. The van der Waals surface area contributed by atoms with Gasteiger partial charge in [0.1, 0.15) is 28.9 Å². The molecule has 2 aromatic carbocycles. The van der Waals surface area contributed by atoms with Crippen LogP contribution in [-0.2, 0) is 19.1 Å². The SMILES string of the molecule is CCC(=O)O[C@H]1[C@H]2C(=C(O)[C@]3(O)C(=O)C(C(N)=O)=C(O)[C@@H](N(C)C)[C@H]13)C(=O)c1c(O)cccc1[C@@H]2CSc1ccccc1. The summed E-state index contributed by atoms with van der Waals surface area (Å²) >= 11 is 1.42. The summed E-state index contributed by atoms with van der Waals surface area (Å²) in [6.45, 7) is 1.55. The number of ketones is 2. The highest BCUT2D eigenvalue weighted by Crippen LogP contribution is 2.57. The van der Waals surface area contributed by atoms with Crippen molar-refractivity contribution in [2.75, 3.05) is 19.8 Å². The fraction of sp³-hybridized carbons (Fsp3) is 0.355. The predicted octanol–water partition coefficient (Wildman–Crippen LogP) is 2.39. The van der Waals surface area contributed by atoms with Gasteiger partial charge in [0, 0.05) is 34.5 Å². The molecule has 6 atom stereocenters. The maximum absolute atomic E-state index is 14.1. The second-order valence-electron chi connectivity index (χ2n) is 11.1. The van der Waals surface area contributed by atoms with Crippen molar-refractivity contribution in [2.45, 2.75) is 41.9 Å². The number of likely N-dealkylation sites (N-methyl/N-ethyl adjacent to an activating group) is 1. The molecule has 0 bridgehead atoms. The van der Waals surface area contributed by atoms with Crippen molar-refractivity contribution in [2.24, 2.45) is 17.6 Å². The van der Waals surface area contributed by atoms with Crippen molar-refractivity contribution in [1.82, 2.24) is 4.90 Å². The van der Waals surface area contributed by atoms with Crippen LogP contribution in [0, 0.1) is 11.8 Å². The van der Waals surface area contributed by atoms with Crippen LogP contribution in [0.15, 0.2) is 76.1 Å². The summed E-state index contributed by atoms with van der Waals surface area (Å²) in [6.07, 6.45) is -1.54. The monoisotopic (exact) mass is 608 g/mol. The number of amides is 1. The number of rotatable bonds is 7. The Morgan fingerprint density at radius 1 is 1.05 bits per heavy atom. The standard InChI is InChI=1S/C31H32N2O9S/c1-4-18(35)42-27-20-16(13-43-14-9-6-5-7-10-14)15-11-8-12-17(34)19(15)25(36)21(20)28(38)31(41)23(27)24(33(2)3)26(37)22(29(31)39)30(32)40/h5-12,16,20,23-24,27,34,37-38,41H,4,13H2,1-3H3,(H2,32,40)/t16-,20+,23+,24-,27-,31-/m0/s1. The predicted molar refractivity (Wildman–Crippen MR) is 155 cm³/mol. The number of carbonyl (C=O) groups excluding carboxylic acids is 4. The van der Waals surface area contributed by atoms with Crippen LogP contribution in [0.25, 0.3) is 0 Å². The number of hydrogen-bond donors (Lipinski definition) is 5. The smallest absolute Gasteiger partial charge is 0.305 e. The molecule has 1 amide bonds. The normalized spacial score (nSPS) is 28.3. The Bertz CT molecular complexity index is 1580. The molecule has 2 aromatic rings. The highest BCUT2D eigenvalue weighted by molar-refractivity contribution is 7.99. The number of hydrogen-bond acceptors (Lipinski definition) is 11. The molecule has 0 aliphatic heterocycles. The summed E-state index contributed by atoms with van der Waals surface area (Å²) in [6, 6.07) is 12.6. The highest BCUT2D eigenvalue weighted by atomic mass is 32.2. The number of carbonyl (C=O) groups is 4. The molecule has 3 aliphatic carbocycles. The minimum atomic E-state index is -2.98. The van der Waals surface area contributed by atoms with Crippen molar-refractivity contribution < 1.29 is 44.3 Å². The molecule has 3 aliphatic rings. The molecule has 0 radical (unpaired) electrons. The first-order valence-corrected chi connectivity index (χ1v) is 14.7.